The van der Waals surface area contributed by atoms with Crippen LogP contribution in [0.1, 0.15) is 19.4 Å². The van der Waals surface area contributed by atoms with Gasteiger partial charge in [0.05, 0.1) is 0 Å². The summed E-state index contributed by atoms with van der Waals surface area (Å²) in [7, 11) is 4.10. The van der Waals surface area contributed by atoms with E-state index in [0.717, 1.165) is 11.0 Å². The van der Waals surface area contributed by atoms with Crippen LogP contribution in [0.2, 0.25) is 0 Å². The third-order valence-corrected chi connectivity index (χ3v) is 3.06. The predicted octanol–water partition coefficient (Wildman–Crippen LogP) is 3.01. The third-order valence-electron chi connectivity index (χ3n) is 2.56. The van der Waals surface area contributed by atoms with Gasteiger partial charge in [-0.3, -0.25) is 0 Å². The Hall–Kier alpha value is -0.540. The zero-order valence-electron chi connectivity index (χ0n) is 9.84. The van der Waals surface area contributed by atoms with Crippen molar-refractivity contribution in [2.75, 3.05) is 19.0 Å². The number of nitrogens with one attached hydrogen (secondary N) is 1. The van der Waals surface area contributed by atoms with E-state index >= 15 is 0 Å². The van der Waals surface area contributed by atoms with Gasteiger partial charge in [-0.1, -0.05) is 15.9 Å². The molecule has 0 aliphatic carbocycles. The second kappa shape index (κ2) is 5.52. The topological polar surface area (TPSA) is 15.3 Å². The zero-order chi connectivity index (χ0) is 11.4. The largest absolute Gasteiger partial charge is 0.372 e. The molecule has 15 heavy (non-hydrogen) atoms. The number of nitrogens with zero attached hydrogens (tertiary/aromatic N) is 1. The molecule has 3 heteroatoms. The van der Waals surface area contributed by atoms with Crippen LogP contribution >= 0.6 is 15.9 Å². The van der Waals surface area contributed by atoms with Gasteiger partial charge in [0.15, 0.2) is 0 Å². The van der Waals surface area contributed by atoms with Gasteiger partial charge in [-0.25, -0.2) is 0 Å². The van der Waals surface area contributed by atoms with Crippen molar-refractivity contribution in [1.29, 1.82) is 0 Å². The van der Waals surface area contributed by atoms with Crippen LogP contribution in [0.25, 0.3) is 0 Å². The normalized spacial score (nSPS) is 10.8. The molecule has 0 fully saturated rings. The molecule has 0 unspecified atom stereocenters. The maximum Gasteiger partial charge on any atom is 0.0412 e. The molecule has 84 valence electrons. The lowest BCUT2D eigenvalue weighted by molar-refractivity contribution is 0.739. The van der Waals surface area contributed by atoms with Crippen LogP contribution in [0.4, 0.5) is 5.69 Å². The molecule has 1 aromatic carbocycles. The molecule has 0 heterocycles. The number of hydrogen-bond acceptors (Lipinski definition) is 2. The summed E-state index contributed by atoms with van der Waals surface area (Å²) in [6.45, 7) is 5.29. The van der Waals surface area contributed by atoms with Gasteiger partial charge in [0.25, 0.3) is 0 Å². The number of hydrogen-bond donors (Lipinski definition) is 1. The van der Waals surface area contributed by atoms with Gasteiger partial charge in [-0.05, 0) is 44.7 Å². The van der Waals surface area contributed by atoms with E-state index in [4.69, 9.17) is 0 Å². The molecule has 0 radical (unpaired) electrons. The second-order valence-corrected chi connectivity index (χ2v) is 4.92. The lowest BCUT2D eigenvalue weighted by atomic mass is 10.1. The predicted molar refractivity (Wildman–Crippen MR) is 70.4 cm³/mol. The van der Waals surface area contributed by atoms with Crippen LogP contribution in [0.3, 0.4) is 0 Å². The van der Waals surface area contributed by atoms with Gasteiger partial charge < -0.3 is 10.2 Å². The molecule has 0 aliphatic heterocycles. The van der Waals surface area contributed by atoms with Crippen molar-refractivity contribution in [2.24, 2.45) is 0 Å². The number of halogens is 1. The minimum absolute atomic E-state index is 0.516. The van der Waals surface area contributed by atoms with Gasteiger partial charge in [0, 0.05) is 29.8 Å². The molecule has 0 spiro atoms. The Morgan fingerprint density at radius 1 is 1.40 bits per heavy atom. The lowest BCUT2D eigenvalue weighted by Gasteiger charge is -2.26. The SMILES string of the molecule is CNCc1cc(Br)ccc1N(C)C(C)C. The molecule has 0 atom stereocenters. The van der Waals surface area contributed by atoms with Gasteiger partial charge in [0.1, 0.15) is 0 Å². The van der Waals surface area contributed by atoms with E-state index in [2.05, 4.69) is 65.2 Å². The van der Waals surface area contributed by atoms with Crippen molar-refractivity contribution in [2.45, 2.75) is 26.4 Å². The first-order valence-electron chi connectivity index (χ1n) is 5.22. The van der Waals surface area contributed by atoms with Crippen molar-refractivity contribution in [3.63, 3.8) is 0 Å². The van der Waals surface area contributed by atoms with E-state index in [0.29, 0.717) is 6.04 Å². The third kappa shape index (κ3) is 3.21. The Labute approximate surface area is 101 Å². The summed E-state index contributed by atoms with van der Waals surface area (Å²) in [5, 5.41) is 3.20. The van der Waals surface area contributed by atoms with E-state index in [-0.39, 0.29) is 0 Å². The van der Waals surface area contributed by atoms with Crippen molar-refractivity contribution in [3.8, 4) is 0 Å². The first-order chi connectivity index (χ1) is 7.06. The zero-order valence-corrected chi connectivity index (χ0v) is 11.4. The smallest absolute Gasteiger partial charge is 0.0412 e. The second-order valence-electron chi connectivity index (χ2n) is 4.01. The molecule has 1 aromatic rings. The molecule has 1 rings (SSSR count). The van der Waals surface area contributed by atoms with Crippen molar-refractivity contribution in [1.82, 2.24) is 5.32 Å². The highest BCUT2D eigenvalue weighted by molar-refractivity contribution is 9.10. The first kappa shape index (κ1) is 12.5. The molecule has 0 saturated heterocycles. The van der Waals surface area contributed by atoms with Crippen molar-refractivity contribution in [3.05, 3.63) is 28.2 Å². The maximum atomic E-state index is 3.51. The monoisotopic (exact) mass is 270 g/mol. The average Bonchev–Trinajstić information content (AvgIpc) is 2.17. The molecule has 0 amide bonds. The van der Waals surface area contributed by atoms with Gasteiger partial charge in [-0.15, -0.1) is 0 Å². The van der Waals surface area contributed by atoms with Gasteiger partial charge in [-0.2, -0.15) is 0 Å². The molecular weight excluding hydrogens is 252 g/mol. The fourth-order valence-electron chi connectivity index (χ4n) is 1.51. The van der Waals surface area contributed by atoms with Crippen LogP contribution < -0.4 is 10.2 Å². The molecular formula is C12H19BrN2. The van der Waals surface area contributed by atoms with Gasteiger partial charge >= 0.3 is 0 Å². The Bertz CT molecular complexity index is 323. The van der Waals surface area contributed by atoms with Crippen molar-refractivity contribution >= 4 is 21.6 Å². The molecule has 0 aliphatic rings. The van der Waals surface area contributed by atoms with E-state index in [9.17, 15) is 0 Å². The minimum Gasteiger partial charge on any atom is -0.372 e. The summed E-state index contributed by atoms with van der Waals surface area (Å²) in [6, 6.07) is 6.94. The van der Waals surface area contributed by atoms with Crippen LogP contribution in [0.15, 0.2) is 22.7 Å². The highest BCUT2D eigenvalue weighted by Crippen LogP contribution is 2.25. The average molecular weight is 271 g/mol. The Morgan fingerprint density at radius 3 is 2.60 bits per heavy atom. The highest BCUT2D eigenvalue weighted by atomic mass is 79.9. The van der Waals surface area contributed by atoms with Crippen LogP contribution in [-0.2, 0) is 6.54 Å². The summed E-state index contributed by atoms with van der Waals surface area (Å²) in [5.74, 6) is 0. The molecule has 0 saturated carbocycles. The van der Waals surface area contributed by atoms with E-state index in [1.54, 1.807) is 0 Å². The quantitative estimate of drug-likeness (QED) is 0.905. The van der Waals surface area contributed by atoms with E-state index in [1.807, 2.05) is 7.05 Å². The lowest BCUT2D eigenvalue weighted by Crippen LogP contribution is -2.27. The molecule has 0 bridgehead atoms. The van der Waals surface area contributed by atoms with Crippen LogP contribution in [-0.4, -0.2) is 20.1 Å². The Morgan fingerprint density at radius 2 is 2.07 bits per heavy atom. The van der Waals surface area contributed by atoms with Crippen molar-refractivity contribution < 1.29 is 0 Å². The van der Waals surface area contributed by atoms with Crippen LogP contribution in [0.5, 0.6) is 0 Å². The number of anilines is 1. The Balaban J connectivity index is 3.04. The highest BCUT2D eigenvalue weighted by Gasteiger charge is 2.09. The summed E-state index contributed by atoms with van der Waals surface area (Å²) in [5.41, 5.74) is 2.62. The summed E-state index contributed by atoms with van der Waals surface area (Å²) in [6.07, 6.45) is 0. The number of benzene rings is 1. The van der Waals surface area contributed by atoms with E-state index in [1.165, 1.54) is 11.3 Å². The fourth-order valence-corrected chi connectivity index (χ4v) is 1.92. The standard InChI is InChI=1S/C12H19BrN2/c1-9(2)15(4)12-6-5-11(13)7-10(12)8-14-3/h5-7,9,14H,8H2,1-4H3. The summed E-state index contributed by atoms with van der Waals surface area (Å²) < 4.78 is 1.13. The summed E-state index contributed by atoms with van der Waals surface area (Å²) >= 11 is 3.51. The first-order valence-corrected chi connectivity index (χ1v) is 6.01. The molecule has 0 aromatic heterocycles. The minimum atomic E-state index is 0.516. The Kier molecular flexibility index (Phi) is 4.61. The molecule has 1 N–H and O–H groups in total. The van der Waals surface area contributed by atoms with E-state index < -0.39 is 0 Å². The fraction of sp³-hybridized carbons (Fsp3) is 0.500. The summed E-state index contributed by atoms with van der Waals surface area (Å²) in [4.78, 5) is 2.29. The number of rotatable bonds is 4. The van der Waals surface area contributed by atoms with Crippen LogP contribution in [0, 0.1) is 0 Å². The van der Waals surface area contributed by atoms with Gasteiger partial charge in [0.2, 0.25) is 0 Å². The maximum absolute atomic E-state index is 3.51. The molecule has 2 nitrogen and oxygen atoms in total.